The second kappa shape index (κ2) is 9.78. The largest absolute Gasteiger partial charge is 0.493 e. The first kappa shape index (κ1) is 19.7. The second-order valence-electron chi connectivity index (χ2n) is 6.47. The summed E-state index contributed by atoms with van der Waals surface area (Å²) in [5.74, 6) is 2.54. The molecule has 0 aliphatic heterocycles. The van der Waals surface area contributed by atoms with E-state index in [9.17, 15) is 4.79 Å². The molecule has 0 saturated heterocycles. The monoisotopic (exact) mass is 381 g/mol. The van der Waals surface area contributed by atoms with Crippen LogP contribution in [0, 0.1) is 0 Å². The Morgan fingerprint density at radius 2 is 1.86 bits per heavy atom. The molecule has 1 amide bonds. The molecule has 0 bridgehead atoms. The summed E-state index contributed by atoms with van der Waals surface area (Å²) in [6, 6.07) is 15.8. The van der Waals surface area contributed by atoms with Crippen LogP contribution < -0.4 is 14.8 Å². The average molecular weight is 381 g/mol. The number of ether oxygens (including phenoxy) is 2. The Bertz CT molecular complexity index is 920. The van der Waals surface area contributed by atoms with Crippen molar-refractivity contribution in [2.75, 3.05) is 20.3 Å². The average Bonchev–Trinajstić information content (AvgIpc) is 3.08. The van der Waals surface area contributed by atoms with E-state index < -0.39 is 0 Å². The molecule has 28 heavy (non-hydrogen) atoms. The van der Waals surface area contributed by atoms with Crippen LogP contribution in [0.4, 0.5) is 0 Å². The van der Waals surface area contributed by atoms with E-state index >= 15 is 0 Å². The molecule has 0 radical (unpaired) electrons. The number of aryl methyl sites for hydroxylation is 1. The number of carbonyl (C=O) groups excluding carboxylic acids is 1. The van der Waals surface area contributed by atoms with Gasteiger partial charge >= 0.3 is 0 Å². The molecule has 6 nitrogen and oxygen atoms in total. The van der Waals surface area contributed by atoms with Gasteiger partial charge in [-0.15, -0.1) is 0 Å². The van der Waals surface area contributed by atoms with Gasteiger partial charge in [-0.25, -0.2) is 4.98 Å². The van der Waals surface area contributed by atoms with Gasteiger partial charge < -0.3 is 19.4 Å². The summed E-state index contributed by atoms with van der Waals surface area (Å²) in [6.45, 7) is 3.83. The smallest absolute Gasteiger partial charge is 0.219 e. The number of nitrogens with zero attached hydrogens (tertiary/aromatic N) is 2. The molecule has 0 atom stereocenters. The molecule has 3 rings (SSSR count). The van der Waals surface area contributed by atoms with Gasteiger partial charge in [0.15, 0.2) is 11.5 Å². The maximum absolute atomic E-state index is 11.5. The van der Waals surface area contributed by atoms with Crippen molar-refractivity contribution in [3.8, 4) is 11.5 Å². The van der Waals surface area contributed by atoms with Gasteiger partial charge in [0.25, 0.3) is 0 Å². The molecular formula is C22H27N3O3. The lowest BCUT2D eigenvalue weighted by Gasteiger charge is -2.12. The second-order valence-corrected chi connectivity index (χ2v) is 6.47. The molecule has 0 aliphatic carbocycles. The molecule has 2 aromatic carbocycles. The van der Waals surface area contributed by atoms with Crippen molar-refractivity contribution in [3.05, 3.63) is 54.4 Å². The van der Waals surface area contributed by atoms with Crippen molar-refractivity contribution in [1.82, 2.24) is 14.9 Å². The summed E-state index contributed by atoms with van der Waals surface area (Å²) in [7, 11) is 1.64. The van der Waals surface area contributed by atoms with Gasteiger partial charge in [0.1, 0.15) is 5.82 Å². The van der Waals surface area contributed by atoms with Crippen molar-refractivity contribution in [1.29, 1.82) is 0 Å². The molecular weight excluding hydrogens is 354 g/mol. The Labute approximate surface area is 165 Å². The summed E-state index contributed by atoms with van der Waals surface area (Å²) < 4.78 is 13.4. The highest BCUT2D eigenvalue weighted by Crippen LogP contribution is 2.26. The van der Waals surface area contributed by atoms with Gasteiger partial charge in [-0.1, -0.05) is 31.2 Å². The molecule has 1 N–H and O–H groups in total. The lowest BCUT2D eigenvalue weighted by molar-refractivity contribution is -0.120. The van der Waals surface area contributed by atoms with E-state index in [2.05, 4.69) is 16.0 Å². The number of aromatic nitrogens is 2. The Kier molecular flexibility index (Phi) is 6.89. The topological polar surface area (TPSA) is 65.4 Å². The Hall–Kier alpha value is -3.02. The summed E-state index contributed by atoms with van der Waals surface area (Å²) >= 11 is 0. The number of para-hydroxylation sites is 4. The van der Waals surface area contributed by atoms with Crippen LogP contribution in [0.3, 0.4) is 0 Å². The standard InChI is InChI=1S/C22H27N3O3/c1-3-22(26)23-14-13-21-24-17-9-4-5-10-18(17)25(21)15-8-16-28-20-12-7-6-11-19(20)27-2/h4-7,9-12H,3,8,13-16H2,1-2H3,(H,23,26). The quantitative estimate of drug-likeness (QED) is 0.545. The van der Waals surface area contributed by atoms with E-state index in [4.69, 9.17) is 14.5 Å². The number of benzene rings is 2. The van der Waals surface area contributed by atoms with Crippen LogP contribution in [0.25, 0.3) is 11.0 Å². The van der Waals surface area contributed by atoms with Crippen molar-refractivity contribution < 1.29 is 14.3 Å². The molecule has 0 spiro atoms. The number of amides is 1. The van der Waals surface area contributed by atoms with E-state index in [0.29, 0.717) is 26.0 Å². The highest BCUT2D eigenvalue weighted by molar-refractivity contribution is 5.76. The van der Waals surface area contributed by atoms with E-state index in [0.717, 1.165) is 41.3 Å². The van der Waals surface area contributed by atoms with Crippen molar-refractivity contribution in [2.24, 2.45) is 0 Å². The van der Waals surface area contributed by atoms with Crippen molar-refractivity contribution >= 4 is 16.9 Å². The molecule has 1 aromatic heterocycles. The lowest BCUT2D eigenvalue weighted by atomic mass is 10.3. The minimum Gasteiger partial charge on any atom is -0.493 e. The fourth-order valence-electron chi connectivity index (χ4n) is 3.15. The highest BCUT2D eigenvalue weighted by Gasteiger charge is 2.11. The zero-order valence-electron chi connectivity index (χ0n) is 16.5. The van der Waals surface area contributed by atoms with E-state index in [1.165, 1.54) is 0 Å². The van der Waals surface area contributed by atoms with Crippen LogP contribution in [0.15, 0.2) is 48.5 Å². The summed E-state index contributed by atoms with van der Waals surface area (Å²) in [5, 5.41) is 2.92. The number of hydrogen-bond acceptors (Lipinski definition) is 4. The molecule has 0 unspecified atom stereocenters. The highest BCUT2D eigenvalue weighted by atomic mass is 16.5. The minimum atomic E-state index is 0.0628. The zero-order chi connectivity index (χ0) is 19.8. The van der Waals surface area contributed by atoms with Gasteiger partial charge in [-0.05, 0) is 30.7 Å². The van der Waals surface area contributed by atoms with Crippen LogP contribution in [0.2, 0.25) is 0 Å². The van der Waals surface area contributed by atoms with E-state index in [1.54, 1.807) is 7.11 Å². The molecule has 0 saturated carbocycles. The maximum Gasteiger partial charge on any atom is 0.219 e. The van der Waals surface area contributed by atoms with Crippen LogP contribution in [-0.2, 0) is 17.8 Å². The number of methoxy groups -OCH3 is 1. The Morgan fingerprint density at radius 1 is 1.11 bits per heavy atom. The third kappa shape index (κ3) is 4.82. The molecule has 148 valence electrons. The predicted molar refractivity (Wildman–Crippen MR) is 110 cm³/mol. The third-order valence-electron chi connectivity index (χ3n) is 4.58. The summed E-state index contributed by atoms with van der Waals surface area (Å²) in [4.78, 5) is 16.2. The molecule has 0 aliphatic rings. The van der Waals surface area contributed by atoms with Gasteiger partial charge in [0.05, 0.1) is 24.8 Å². The Balaban J connectivity index is 1.64. The van der Waals surface area contributed by atoms with Gasteiger partial charge in [-0.3, -0.25) is 4.79 Å². The summed E-state index contributed by atoms with van der Waals surface area (Å²) in [5.41, 5.74) is 2.08. The lowest BCUT2D eigenvalue weighted by Crippen LogP contribution is -2.25. The van der Waals surface area contributed by atoms with Crippen LogP contribution in [0.1, 0.15) is 25.6 Å². The first-order valence-corrected chi connectivity index (χ1v) is 9.69. The first-order valence-electron chi connectivity index (χ1n) is 9.69. The number of rotatable bonds is 10. The number of nitrogens with one attached hydrogen (secondary N) is 1. The van der Waals surface area contributed by atoms with E-state index in [1.807, 2.05) is 49.4 Å². The molecule has 6 heteroatoms. The first-order chi connectivity index (χ1) is 13.7. The number of hydrogen-bond donors (Lipinski definition) is 1. The van der Waals surface area contributed by atoms with Gasteiger partial charge in [0, 0.05) is 25.9 Å². The fraction of sp³-hybridized carbons (Fsp3) is 0.364. The third-order valence-corrected chi connectivity index (χ3v) is 4.58. The molecule has 1 heterocycles. The zero-order valence-corrected chi connectivity index (χ0v) is 16.5. The van der Waals surface area contributed by atoms with Gasteiger partial charge in [0.2, 0.25) is 5.91 Å². The number of carbonyl (C=O) groups is 1. The normalized spacial score (nSPS) is 10.8. The van der Waals surface area contributed by atoms with E-state index in [-0.39, 0.29) is 5.91 Å². The minimum absolute atomic E-state index is 0.0628. The maximum atomic E-state index is 11.5. The van der Waals surface area contributed by atoms with Crippen molar-refractivity contribution in [3.63, 3.8) is 0 Å². The van der Waals surface area contributed by atoms with Crippen LogP contribution in [0.5, 0.6) is 11.5 Å². The molecule has 0 fully saturated rings. The summed E-state index contributed by atoms with van der Waals surface area (Å²) in [6.07, 6.45) is 2.04. The molecule has 3 aromatic rings. The fourth-order valence-corrected chi connectivity index (χ4v) is 3.15. The van der Waals surface area contributed by atoms with Gasteiger partial charge in [-0.2, -0.15) is 0 Å². The predicted octanol–water partition coefficient (Wildman–Crippen LogP) is 3.58. The van der Waals surface area contributed by atoms with Crippen molar-refractivity contribution in [2.45, 2.75) is 32.7 Å². The van der Waals surface area contributed by atoms with Crippen LogP contribution >= 0.6 is 0 Å². The SMILES string of the molecule is CCC(=O)NCCc1nc2ccccc2n1CCCOc1ccccc1OC. The van der Waals surface area contributed by atoms with Crippen LogP contribution in [-0.4, -0.2) is 35.7 Å². The number of imidazole rings is 1. The number of fused-ring (bicyclic) bond motifs is 1. The Morgan fingerprint density at radius 3 is 2.64 bits per heavy atom.